The van der Waals surface area contributed by atoms with E-state index in [1.807, 2.05) is 12.1 Å². The molecule has 0 N–H and O–H groups in total. The summed E-state index contributed by atoms with van der Waals surface area (Å²) in [4.78, 5) is 27.2. The molecule has 2 saturated heterocycles. The predicted octanol–water partition coefficient (Wildman–Crippen LogP) is 1.21. The monoisotopic (exact) mass is 636 g/mol. The van der Waals surface area contributed by atoms with Crippen LogP contribution in [0, 0.1) is 11.7 Å². The van der Waals surface area contributed by atoms with Crippen LogP contribution in [-0.4, -0.2) is 97.1 Å². The number of piperidine rings is 1. The molecule has 4 atom stereocenters. The van der Waals surface area contributed by atoms with Crippen molar-refractivity contribution in [1.82, 2.24) is 14.9 Å². The molecule has 2 heterocycles. The second-order valence-corrected chi connectivity index (χ2v) is 10.1. The summed E-state index contributed by atoms with van der Waals surface area (Å²) >= 11 is 10.0. The smallest absolute Gasteiger partial charge is 2.00 e. The van der Waals surface area contributed by atoms with E-state index in [1.165, 1.54) is 24.3 Å². The fourth-order valence-corrected chi connectivity index (χ4v) is 5.99. The van der Waals surface area contributed by atoms with Gasteiger partial charge in [0.15, 0.2) is 0 Å². The zero-order chi connectivity index (χ0) is 25.4. The minimum atomic E-state index is -0.273. The summed E-state index contributed by atoms with van der Waals surface area (Å²) in [6.45, 7) is 2.92. The minimum absolute atomic E-state index is 0. The molecule has 0 spiro atoms. The zero-order valence-electron chi connectivity index (χ0n) is 21.4. The van der Waals surface area contributed by atoms with Gasteiger partial charge in [-0.15, -0.1) is 0 Å². The number of fused-ring (bicyclic) bond motifs is 2. The largest absolute Gasteiger partial charge is 5.00 e. The van der Waals surface area contributed by atoms with Crippen LogP contribution in [0.1, 0.15) is 37.2 Å². The summed E-state index contributed by atoms with van der Waals surface area (Å²) < 4.78 is 13.6. The van der Waals surface area contributed by atoms with Gasteiger partial charge in [0.2, 0.25) is 0 Å². The van der Waals surface area contributed by atoms with E-state index in [4.69, 9.17) is 30.1 Å². The first-order valence-electron chi connectivity index (χ1n) is 12.3. The molecular formula is C25H36FN4O4S2Tc. The quantitative estimate of drug-likeness (QED) is 0.139. The van der Waals surface area contributed by atoms with E-state index in [-0.39, 0.29) is 67.6 Å². The second kappa shape index (κ2) is 17.1. The Bertz CT molecular complexity index is 854. The molecule has 0 radical (unpaired) electrons. The molecule has 1 aromatic carbocycles. The van der Waals surface area contributed by atoms with Crippen LogP contribution in [0.2, 0.25) is 0 Å². The molecule has 8 nitrogen and oxygen atoms in total. The number of nitrogens with zero attached hydrogens (tertiary/aromatic N) is 4. The Hall–Kier alpha value is -0.721. The first kappa shape index (κ1) is 34.3. The summed E-state index contributed by atoms with van der Waals surface area (Å²) in [5.74, 6) is 0.307. The summed E-state index contributed by atoms with van der Waals surface area (Å²) in [5, 5.41) is 13.4. The van der Waals surface area contributed by atoms with Crippen molar-refractivity contribution in [1.29, 1.82) is 0 Å². The van der Waals surface area contributed by atoms with Gasteiger partial charge in [-0.2, -0.15) is 11.5 Å². The molecule has 2 bridgehead atoms. The number of aliphatic imine (C=N–C) groups is 1. The second-order valence-electron chi connectivity index (χ2n) is 9.29. The van der Waals surface area contributed by atoms with E-state index in [1.54, 1.807) is 7.05 Å². The number of halogens is 1. The fourth-order valence-electron chi connectivity index (χ4n) is 5.64. The fraction of sp³-hybridized carbons (Fsp3) is 0.680. The molecule has 0 aliphatic carbocycles. The number of rotatable bonds is 13. The van der Waals surface area contributed by atoms with Crippen molar-refractivity contribution >= 4 is 37.1 Å². The van der Waals surface area contributed by atoms with Gasteiger partial charge in [0.1, 0.15) is 5.82 Å². The summed E-state index contributed by atoms with van der Waals surface area (Å²) in [7, 11) is 3.15. The van der Waals surface area contributed by atoms with Gasteiger partial charge in [-0.25, -0.2) is 9.45 Å². The maximum absolute atomic E-state index is 13.6. The third-order valence-electron chi connectivity index (χ3n) is 7.27. The summed E-state index contributed by atoms with van der Waals surface area (Å²) in [5.41, 5.74) is 1.00. The van der Waals surface area contributed by atoms with Gasteiger partial charge in [-0.05, 0) is 74.8 Å². The van der Waals surface area contributed by atoms with Gasteiger partial charge in [-0.3, -0.25) is 14.5 Å². The van der Waals surface area contributed by atoms with E-state index in [0.717, 1.165) is 44.3 Å². The maximum Gasteiger partial charge on any atom is 5.00 e. The van der Waals surface area contributed by atoms with Crippen LogP contribution >= 0.6 is 0 Å². The van der Waals surface area contributed by atoms with Crippen molar-refractivity contribution < 1.29 is 44.7 Å². The SMILES string of the molecule is CON(C)C(=O)C1C(c2ccc(F)cc2)CC2CCC1N2CCCN(CC[S-])CC([O-])=NCC[S-].[O-2].[Tc+5]. The normalized spacial score (nSPS) is 23.5. The van der Waals surface area contributed by atoms with Gasteiger partial charge in [0.05, 0.1) is 13.0 Å². The van der Waals surface area contributed by atoms with Gasteiger partial charge >= 0.3 is 20.1 Å². The molecule has 2 aliphatic rings. The van der Waals surface area contributed by atoms with Gasteiger partial charge in [0, 0.05) is 32.2 Å². The van der Waals surface area contributed by atoms with Crippen molar-refractivity contribution in [2.24, 2.45) is 10.9 Å². The van der Waals surface area contributed by atoms with Gasteiger partial charge in [0.25, 0.3) is 5.91 Å². The van der Waals surface area contributed by atoms with Crippen LogP contribution in [0.5, 0.6) is 0 Å². The minimum Gasteiger partial charge on any atom is -2.00 e. The molecule has 12 heteroatoms. The summed E-state index contributed by atoms with van der Waals surface area (Å²) in [6, 6.07) is 7.04. The molecule has 2 fully saturated rings. The van der Waals surface area contributed by atoms with Gasteiger partial charge < -0.3 is 45.7 Å². The Morgan fingerprint density at radius 3 is 2.54 bits per heavy atom. The predicted molar refractivity (Wildman–Crippen MR) is 139 cm³/mol. The molecular weight excluding hydrogens is 601 g/mol. The molecule has 0 saturated carbocycles. The van der Waals surface area contributed by atoms with Crippen molar-refractivity contribution in [3.8, 4) is 0 Å². The van der Waals surface area contributed by atoms with Crippen LogP contribution in [0.25, 0.3) is 0 Å². The zero-order valence-corrected chi connectivity index (χ0v) is 24.9. The standard InChI is InChI=1S/C25H39FN4O3S2.O.Tc/c1-28(33-2)25(32)24-21(18-4-6-19(26)7-5-18)16-20-8-9-22(24)30(20)12-3-11-29(13-15-35)17-23(31)27-10-14-34;;/h4-7,20-22,24,34-35H,3,8-17H2,1-2H3,(H,27,31);;/q;-2;+5/p-3. The number of hydrogen-bond acceptors (Lipinski definition) is 8. The Kier molecular flexibility index (Phi) is 15.8. The average molecular weight is 638 g/mol. The Morgan fingerprint density at radius 2 is 1.92 bits per heavy atom. The van der Waals surface area contributed by atoms with Crippen molar-refractivity contribution in [2.45, 2.75) is 43.7 Å². The van der Waals surface area contributed by atoms with Crippen LogP contribution < -0.4 is 5.11 Å². The molecule has 3 rings (SSSR count). The molecule has 206 valence electrons. The number of carbonyl (C=O) groups is 1. The van der Waals surface area contributed by atoms with Crippen molar-refractivity contribution in [3.05, 3.63) is 35.6 Å². The van der Waals surface area contributed by atoms with Crippen molar-refractivity contribution in [3.63, 3.8) is 0 Å². The van der Waals surface area contributed by atoms with Gasteiger partial charge in [-0.1, -0.05) is 12.1 Å². The average Bonchev–Trinajstić information content (AvgIpc) is 3.12. The van der Waals surface area contributed by atoms with E-state index in [2.05, 4.69) is 14.8 Å². The number of benzene rings is 1. The molecule has 4 unspecified atom stereocenters. The Labute approximate surface area is 244 Å². The summed E-state index contributed by atoms with van der Waals surface area (Å²) in [6.07, 6.45) is 3.71. The molecule has 2 aliphatic heterocycles. The van der Waals surface area contributed by atoms with Crippen LogP contribution in [-0.2, 0) is 60.5 Å². The molecule has 1 amide bonds. The number of amides is 1. The van der Waals surface area contributed by atoms with Crippen LogP contribution in [0.4, 0.5) is 4.39 Å². The van der Waals surface area contributed by atoms with Crippen LogP contribution in [0.15, 0.2) is 29.3 Å². The van der Waals surface area contributed by atoms with E-state index in [9.17, 15) is 14.3 Å². The van der Waals surface area contributed by atoms with E-state index < -0.39 is 0 Å². The topological polar surface area (TPSA) is 99.9 Å². The first-order chi connectivity index (χ1) is 16.9. The number of carbonyl (C=O) groups excluding carboxylic acids is 1. The van der Waals surface area contributed by atoms with E-state index >= 15 is 0 Å². The maximum atomic E-state index is 13.6. The first-order valence-corrected chi connectivity index (χ1v) is 13.5. The molecule has 1 aromatic rings. The molecule has 0 aromatic heterocycles. The third-order valence-corrected chi connectivity index (χ3v) is 7.63. The number of hydrogen-bond donors (Lipinski definition) is 0. The third kappa shape index (κ3) is 9.17. The number of hydroxylamine groups is 2. The molecule has 37 heavy (non-hydrogen) atoms. The Balaban J connectivity index is 0.00000342. The Morgan fingerprint density at radius 1 is 1.22 bits per heavy atom. The van der Waals surface area contributed by atoms with Crippen molar-refractivity contribution in [2.75, 3.05) is 58.4 Å². The van der Waals surface area contributed by atoms with Crippen LogP contribution in [0.3, 0.4) is 0 Å². The van der Waals surface area contributed by atoms with E-state index in [0.29, 0.717) is 30.6 Å².